The van der Waals surface area contributed by atoms with Crippen molar-refractivity contribution in [1.82, 2.24) is 0 Å². The zero-order chi connectivity index (χ0) is 19.3. The number of ketones is 1. The van der Waals surface area contributed by atoms with Gasteiger partial charge in [0.25, 0.3) is 0 Å². The highest BCUT2D eigenvalue weighted by Crippen LogP contribution is 2.39. The Labute approximate surface area is 155 Å². The average Bonchev–Trinajstić information content (AvgIpc) is 2.58. The number of carbonyl (C=O) groups is 1. The molecule has 0 fully saturated rings. The van der Waals surface area contributed by atoms with E-state index in [0.29, 0.717) is 0 Å². The highest BCUT2D eigenvalue weighted by Gasteiger charge is 2.28. The topological polar surface area (TPSA) is 26.3 Å². The molecule has 2 heteroatoms. The fourth-order valence-corrected chi connectivity index (χ4v) is 2.87. The largest absolute Gasteiger partial charge is 0.482 e. The summed E-state index contributed by atoms with van der Waals surface area (Å²) in [5.74, 6) is 0.991. The lowest BCUT2D eigenvalue weighted by molar-refractivity contribution is -0.124. The van der Waals surface area contributed by atoms with Crippen LogP contribution in [0.5, 0.6) is 5.75 Å². The minimum Gasteiger partial charge on any atom is -0.482 e. The Hall–Kier alpha value is -1.31. The smallest absolute Gasteiger partial charge is 0.170 e. The number of Topliss-reactive ketones (excluding diaryl/α,β-unsaturated/α-hetero) is 1. The van der Waals surface area contributed by atoms with E-state index >= 15 is 0 Å². The molecule has 1 unspecified atom stereocenters. The molecular weight excluding hydrogens is 308 g/mol. The second-order valence-electron chi connectivity index (χ2n) is 8.55. The van der Waals surface area contributed by atoms with E-state index in [0.717, 1.165) is 37.9 Å². The molecule has 1 aromatic carbocycles. The van der Waals surface area contributed by atoms with Crippen molar-refractivity contribution in [3.05, 3.63) is 29.3 Å². The van der Waals surface area contributed by atoms with Gasteiger partial charge in [0.15, 0.2) is 11.9 Å². The summed E-state index contributed by atoms with van der Waals surface area (Å²) in [5.41, 5.74) is 2.71. The van der Waals surface area contributed by atoms with Gasteiger partial charge >= 0.3 is 0 Å². The number of carbonyl (C=O) groups excluding carboxylic acids is 1. The van der Waals surface area contributed by atoms with Gasteiger partial charge < -0.3 is 4.74 Å². The molecule has 0 heterocycles. The van der Waals surface area contributed by atoms with Crippen LogP contribution in [0, 0.1) is 0 Å². The predicted molar refractivity (Wildman–Crippen MR) is 108 cm³/mol. The minimum absolute atomic E-state index is 0.0151. The summed E-state index contributed by atoms with van der Waals surface area (Å²) in [5, 5.41) is 0. The standard InChI is InChI=1S/C23H38O2/c1-9-12-13-20(17(4)24)25-21-15-14-18(22(5,6)10-2)16-19(21)23(7,8)11-3/h14-16,20H,9-13H2,1-8H3. The molecule has 1 rings (SSSR count). The van der Waals surface area contributed by atoms with Gasteiger partial charge in [0.2, 0.25) is 0 Å². The quantitative estimate of drug-likeness (QED) is 0.478. The molecule has 0 radical (unpaired) electrons. The maximum absolute atomic E-state index is 12.0. The molecule has 0 bridgehead atoms. The van der Waals surface area contributed by atoms with Gasteiger partial charge in [-0.1, -0.05) is 67.0 Å². The monoisotopic (exact) mass is 346 g/mol. The van der Waals surface area contributed by atoms with Crippen molar-refractivity contribution in [2.24, 2.45) is 0 Å². The number of unbranched alkanes of at least 4 members (excludes halogenated alkanes) is 1. The van der Waals surface area contributed by atoms with E-state index in [2.05, 4.69) is 66.7 Å². The molecule has 1 atom stereocenters. The lowest BCUT2D eigenvalue weighted by Gasteiger charge is -2.31. The SMILES string of the molecule is CCCCC(Oc1ccc(C(C)(C)CC)cc1C(C)(C)CC)C(C)=O. The highest BCUT2D eigenvalue weighted by molar-refractivity contribution is 5.80. The van der Waals surface area contributed by atoms with Crippen molar-refractivity contribution in [3.8, 4) is 5.75 Å². The van der Waals surface area contributed by atoms with Crippen LogP contribution in [-0.4, -0.2) is 11.9 Å². The van der Waals surface area contributed by atoms with Crippen LogP contribution in [0.1, 0.15) is 98.6 Å². The van der Waals surface area contributed by atoms with E-state index in [1.165, 1.54) is 11.1 Å². The zero-order valence-corrected chi connectivity index (χ0v) is 17.7. The molecule has 0 aliphatic heterocycles. The van der Waals surface area contributed by atoms with Crippen molar-refractivity contribution >= 4 is 5.78 Å². The lowest BCUT2D eigenvalue weighted by Crippen LogP contribution is -2.27. The molecule has 0 amide bonds. The van der Waals surface area contributed by atoms with Crippen LogP contribution < -0.4 is 4.74 Å². The Morgan fingerprint density at radius 3 is 2.12 bits per heavy atom. The molecule has 0 spiro atoms. The van der Waals surface area contributed by atoms with E-state index in [9.17, 15) is 4.79 Å². The van der Waals surface area contributed by atoms with Crippen molar-refractivity contribution in [1.29, 1.82) is 0 Å². The Bertz CT molecular complexity index is 569. The molecule has 0 aromatic heterocycles. The highest BCUT2D eigenvalue weighted by atomic mass is 16.5. The van der Waals surface area contributed by atoms with Crippen LogP contribution in [0.25, 0.3) is 0 Å². The second-order valence-corrected chi connectivity index (χ2v) is 8.55. The minimum atomic E-state index is -0.337. The molecule has 0 aliphatic carbocycles. The first-order valence-electron chi connectivity index (χ1n) is 9.91. The summed E-state index contributed by atoms with van der Waals surface area (Å²) in [6.45, 7) is 17.3. The van der Waals surface area contributed by atoms with Gasteiger partial charge in [-0.05, 0) is 55.1 Å². The first kappa shape index (κ1) is 21.7. The summed E-state index contributed by atoms with van der Waals surface area (Å²) in [6, 6.07) is 6.56. The fraction of sp³-hybridized carbons (Fsp3) is 0.696. The summed E-state index contributed by atoms with van der Waals surface area (Å²) in [6.07, 6.45) is 4.66. The predicted octanol–water partition coefficient (Wildman–Crippen LogP) is 6.59. The molecular formula is C23H38O2. The summed E-state index contributed by atoms with van der Waals surface area (Å²) >= 11 is 0. The third kappa shape index (κ3) is 5.59. The van der Waals surface area contributed by atoms with Gasteiger partial charge in [-0.2, -0.15) is 0 Å². The van der Waals surface area contributed by atoms with E-state index in [1.54, 1.807) is 6.92 Å². The van der Waals surface area contributed by atoms with Gasteiger partial charge in [-0.15, -0.1) is 0 Å². The molecule has 1 aromatic rings. The first-order valence-corrected chi connectivity index (χ1v) is 9.91. The molecule has 142 valence electrons. The van der Waals surface area contributed by atoms with Gasteiger partial charge in [0.1, 0.15) is 5.75 Å². The number of ether oxygens (including phenoxy) is 1. The fourth-order valence-electron chi connectivity index (χ4n) is 2.87. The zero-order valence-electron chi connectivity index (χ0n) is 17.7. The van der Waals surface area contributed by atoms with E-state index in [1.807, 2.05) is 0 Å². The third-order valence-corrected chi connectivity index (χ3v) is 5.80. The Balaban J connectivity index is 3.32. The first-order chi connectivity index (χ1) is 11.6. The summed E-state index contributed by atoms with van der Waals surface area (Å²) < 4.78 is 6.25. The molecule has 0 saturated carbocycles. The summed E-state index contributed by atoms with van der Waals surface area (Å²) in [7, 11) is 0. The molecule has 2 nitrogen and oxygen atoms in total. The van der Waals surface area contributed by atoms with Crippen LogP contribution in [-0.2, 0) is 15.6 Å². The van der Waals surface area contributed by atoms with Crippen LogP contribution in [0.4, 0.5) is 0 Å². The molecule has 0 N–H and O–H groups in total. The normalized spacial score (nSPS) is 13.6. The maximum atomic E-state index is 12.0. The van der Waals surface area contributed by atoms with Crippen LogP contribution >= 0.6 is 0 Å². The summed E-state index contributed by atoms with van der Waals surface area (Å²) in [4.78, 5) is 12.0. The van der Waals surface area contributed by atoms with Crippen molar-refractivity contribution in [2.75, 3.05) is 0 Å². The van der Waals surface area contributed by atoms with Crippen LogP contribution in [0.15, 0.2) is 18.2 Å². The number of hydrogen-bond donors (Lipinski definition) is 0. The Morgan fingerprint density at radius 1 is 1.04 bits per heavy atom. The number of rotatable bonds is 10. The van der Waals surface area contributed by atoms with Crippen molar-refractivity contribution in [2.45, 2.75) is 104 Å². The average molecular weight is 347 g/mol. The van der Waals surface area contributed by atoms with Gasteiger partial charge in [0.05, 0.1) is 0 Å². The lowest BCUT2D eigenvalue weighted by atomic mass is 9.76. The van der Waals surface area contributed by atoms with Crippen LogP contribution in [0.3, 0.4) is 0 Å². The second kappa shape index (κ2) is 8.87. The van der Waals surface area contributed by atoms with Gasteiger partial charge in [-0.3, -0.25) is 4.79 Å². The molecule has 25 heavy (non-hydrogen) atoms. The number of benzene rings is 1. The van der Waals surface area contributed by atoms with Gasteiger partial charge in [0, 0.05) is 5.56 Å². The van der Waals surface area contributed by atoms with Gasteiger partial charge in [-0.25, -0.2) is 0 Å². The van der Waals surface area contributed by atoms with Crippen LogP contribution in [0.2, 0.25) is 0 Å². The number of hydrogen-bond acceptors (Lipinski definition) is 2. The Kier molecular flexibility index (Phi) is 7.71. The van der Waals surface area contributed by atoms with E-state index in [-0.39, 0.29) is 22.7 Å². The third-order valence-electron chi connectivity index (χ3n) is 5.80. The maximum Gasteiger partial charge on any atom is 0.170 e. The Morgan fingerprint density at radius 2 is 1.64 bits per heavy atom. The van der Waals surface area contributed by atoms with Crippen molar-refractivity contribution < 1.29 is 9.53 Å². The van der Waals surface area contributed by atoms with E-state index in [4.69, 9.17) is 4.74 Å². The van der Waals surface area contributed by atoms with E-state index < -0.39 is 0 Å². The molecule has 0 aliphatic rings. The molecule has 0 saturated heterocycles. The van der Waals surface area contributed by atoms with Crippen molar-refractivity contribution in [3.63, 3.8) is 0 Å².